The molecular formula is C22H28FN5O2. The molecule has 1 atom stereocenters. The highest BCUT2D eigenvalue weighted by molar-refractivity contribution is 5.80. The van der Waals surface area contributed by atoms with Gasteiger partial charge in [0.1, 0.15) is 11.6 Å². The Hall–Kier alpha value is -3.16. The monoisotopic (exact) mass is 413 g/mol. The van der Waals surface area contributed by atoms with Crippen LogP contribution in [0.25, 0.3) is 0 Å². The minimum Gasteiger partial charge on any atom is -0.439 e. The van der Waals surface area contributed by atoms with Crippen LogP contribution in [0.15, 0.2) is 47.6 Å². The molecule has 1 fully saturated rings. The van der Waals surface area contributed by atoms with Crippen LogP contribution in [-0.4, -0.2) is 47.4 Å². The third kappa shape index (κ3) is 6.17. The van der Waals surface area contributed by atoms with E-state index in [9.17, 15) is 9.18 Å². The van der Waals surface area contributed by atoms with E-state index in [1.54, 1.807) is 18.3 Å². The first-order valence-electron chi connectivity index (χ1n) is 10.3. The fourth-order valence-corrected chi connectivity index (χ4v) is 3.24. The van der Waals surface area contributed by atoms with Crippen LogP contribution >= 0.6 is 0 Å². The first-order valence-corrected chi connectivity index (χ1v) is 10.3. The number of amides is 1. The number of aromatic nitrogens is 1. The van der Waals surface area contributed by atoms with Crippen LogP contribution in [0, 0.1) is 5.82 Å². The van der Waals surface area contributed by atoms with Crippen molar-refractivity contribution in [2.24, 2.45) is 4.99 Å². The number of benzene rings is 1. The number of likely N-dealkylation sites (tertiary alicyclic amines) is 1. The van der Waals surface area contributed by atoms with Gasteiger partial charge in [0.25, 0.3) is 0 Å². The second kappa shape index (κ2) is 10.6. The number of pyridine rings is 1. The van der Waals surface area contributed by atoms with Crippen molar-refractivity contribution in [2.45, 2.75) is 39.3 Å². The summed E-state index contributed by atoms with van der Waals surface area (Å²) in [7, 11) is 0. The highest BCUT2D eigenvalue weighted by atomic mass is 19.1. The Morgan fingerprint density at radius 2 is 2.10 bits per heavy atom. The summed E-state index contributed by atoms with van der Waals surface area (Å²) in [6.45, 7) is 6.56. The second-order valence-electron chi connectivity index (χ2n) is 7.08. The zero-order valence-corrected chi connectivity index (χ0v) is 17.4. The summed E-state index contributed by atoms with van der Waals surface area (Å²) >= 11 is 0. The zero-order valence-electron chi connectivity index (χ0n) is 17.4. The number of halogens is 1. The lowest BCUT2D eigenvalue weighted by Gasteiger charge is -2.18. The van der Waals surface area contributed by atoms with Crippen molar-refractivity contribution in [1.82, 2.24) is 20.5 Å². The van der Waals surface area contributed by atoms with Crippen LogP contribution in [0.5, 0.6) is 11.6 Å². The van der Waals surface area contributed by atoms with E-state index in [2.05, 4.69) is 20.6 Å². The topological polar surface area (TPSA) is 78.9 Å². The quantitative estimate of drug-likeness (QED) is 0.539. The fourth-order valence-electron chi connectivity index (χ4n) is 3.24. The number of rotatable bonds is 7. The van der Waals surface area contributed by atoms with E-state index < -0.39 is 0 Å². The normalized spacial score (nSPS) is 16.4. The fraction of sp³-hybridized carbons (Fsp3) is 0.409. The lowest BCUT2D eigenvalue weighted by Crippen LogP contribution is -2.45. The Bertz CT molecular complexity index is 872. The third-order valence-corrected chi connectivity index (χ3v) is 4.78. The summed E-state index contributed by atoms with van der Waals surface area (Å²) in [5.41, 5.74) is 0.938. The van der Waals surface area contributed by atoms with Crippen LogP contribution in [0.3, 0.4) is 0 Å². The smallest absolute Gasteiger partial charge is 0.222 e. The molecule has 0 saturated carbocycles. The highest BCUT2D eigenvalue weighted by Crippen LogP contribution is 2.20. The molecule has 1 saturated heterocycles. The maximum Gasteiger partial charge on any atom is 0.222 e. The first-order chi connectivity index (χ1) is 14.6. The maximum atomic E-state index is 13.0. The molecule has 7 nitrogen and oxygen atoms in total. The van der Waals surface area contributed by atoms with Crippen molar-refractivity contribution in [1.29, 1.82) is 0 Å². The predicted molar refractivity (Wildman–Crippen MR) is 114 cm³/mol. The van der Waals surface area contributed by atoms with E-state index >= 15 is 0 Å². The Morgan fingerprint density at radius 1 is 1.30 bits per heavy atom. The van der Waals surface area contributed by atoms with Crippen LogP contribution in [-0.2, 0) is 11.3 Å². The van der Waals surface area contributed by atoms with Crippen LogP contribution in [0.2, 0.25) is 0 Å². The molecule has 1 amide bonds. The number of carbonyl (C=O) groups is 1. The molecule has 1 aliphatic heterocycles. The van der Waals surface area contributed by atoms with Crippen molar-refractivity contribution in [3.8, 4) is 11.6 Å². The van der Waals surface area contributed by atoms with Crippen LogP contribution in [0.1, 0.15) is 32.3 Å². The van der Waals surface area contributed by atoms with Crippen molar-refractivity contribution >= 4 is 11.9 Å². The van der Waals surface area contributed by atoms with E-state index in [1.807, 2.05) is 30.9 Å². The van der Waals surface area contributed by atoms with Crippen LogP contribution in [0.4, 0.5) is 4.39 Å². The van der Waals surface area contributed by atoms with Gasteiger partial charge in [-0.05, 0) is 49.2 Å². The van der Waals surface area contributed by atoms with Gasteiger partial charge >= 0.3 is 0 Å². The molecule has 1 aliphatic rings. The molecule has 1 unspecified atom stereocenters. The SMILES string of the molecule is CCNC(=NCc1ccnc(Oc2ccc(F)cc2)c1)NC1CCN(C(=O)CC)C1. The summed E-state index contributed by atoms with van der Waals surface area (Å²) in [5, 5.41) is 6.67. The Morgan fingerprint density at radius 3 is 2.83 bits per heavy atom. The van der Waals surface area contributed by atoms with E-state index in [-0.39, 0.29) is 17.8 Å². The van der Waals surface area contributed by atoms with Gasteiger partial charge in [-0.2, -0.15) is 0 Å². The van der Waals surface area contributed by atoms with Crippen molar-refractivity contribution < 1.29 is 13.9 Å². The minimum absolute atomic E-state index is 0.187. The number of nitrogens with zero attached hydrogens (tertiary/aromatic N) is 3. The second-order valence-corrected chi connectivity index (χ2v) is 7.08. The van der Waals surface area contributed by atoms with E-state index in [0.29, 0.717) is 37.1 Å². The molecule has 1 aromatic heterocycles. The minimum atomic E-state index is -0.314. The average Bonchev–Trinajstić information content (AvgIpc) is 3.22. The Balaban J connectivity index is 1.60. The van der Waals surface area contributed by atoms with Gasteiger partial charge in [-0.25, -0.2) is 14.4 Å². The van der Waals surface area contributed by atoms with Crippen molar-refractivity contribution in [2.75, 3.05) is 19.6 Å². The molecule has 2 N–H and O–H groups in total. The van der Waals surface area contributed by atoms with Crippen molar-refractivity contribution in [3.63, 3.8) is 0 Å². The summed E-state index contributed by atoms with van der Waals surface area (Å²) in [5.74, 6) is 1.54. The molecular weight excluding hydrogens is 385 g/mol. The van der Waals surface area contributed by atoms with Gasteiger partial charge < -0.3 is 20.3 Å². The summed E-state index contributed by atoms with van der Waals surface area (Å²) in [6.07, 6.45) is 3.10. The molecule has 30 heavy (non-hydrogen) atoms. The number of aliphatic imine (C=N–C) groups is 1. The summed E-state index contributed by atoms with van der Waals surface area (Å²) < 4.78 is 18.7. The van der Waals surface area contributed by atoms with Crippen molar-refractivity contribution in [3.05, 3.63) is 54.0 Å². The molecule has 0 spiro atoms. The number of hydrogen-bond acceptors (Lipinski definition) is 4. The standard InChI is InChI=1S/C22H28FN5O2/c1-3-21(29)28-12-10-18(15-28)27-22(24-4-2)26-14-16-9-11-25-20(13-16)30-19-7-5-17(23)6-8-19/h5-9,11,13,18H,3-4,10,12,14-15H2,1-2H3,(H2,24,26,27). The van der Waals surface area contributed by atoms with E-state index in [0.717, 1.165) is 25.1 Å². The Kier molecular flexibility index (Phi) is 7.59. The third-order valence-electron chi connectivity index (χ3n) is 4.78. The first kappa shape index (κ1) is 21.5. The molecule has 2 aromatic rings. The zero-order chi connectivity index (χ0) is 21.3. The van der Waals surface area contributed by atoms with Gasteiger partial charge in [-0.3, -0.25) is 4.79 Å². The lowest BCUT2D eigenvalue weighted by atomic mass is 10.2. The number of hydrogen-bond donors (Lipinski definition) is 2. The van der Waals surface area contributed by atoms with Gasteiger partial charge in [0, 0.05) is 44.4 Å². The highest BCUT2D eigenvalue weighted by Gasteiger charge is 2.25. The summed E-state index contributed by atoms with van der Waals surface area (Å²) in [4.78, 5) is 22.6. The molecule has 3 rings (SSSR count). The summed E-state index contributed by atoms with van der Waals surface area (Å²) in [6, 6.07) is 9.68. The number of guanidine groups is 1. The van der Waals surface area contributed by atoms with Gasteiger partial charge in [-0.15, -0.1) is 0 Å². The van der Waals surface area contributed by atoms with Gasteiger partial charge in [-0.1, -0.05) is 6.92 Å². The largest absolute Gasteiger partial charge is 0.439 e. The van der Waals surface area contributed by atoms with Gasteiger partial charge in [0.2, 0.25) is 11.8 Å². The molecule has 8 heteroatoms. The number of nitrogens with one attached hydrogen (secondary N) is 2. The predicted octanol–water partition coefficient (Wildman–Crippen LogP) is 3.08. The molecule has 1 aromatic carbocycles. The molecule has 160 valence electrons. The van der Waals surface area contributed by atoms with Gasteiger partial charge in [0.05, 0.1) is 6.54 Å². The molecule has 2 heterocycles. The maximum absolute atomic E-state index is 13.0. The molecule has 0 radical (unpaired) electrons. The Labute approximate surface area is 176 Å². The lowest BCUT2D eigenvalue weighted by molar-refractivity contribution is -0.129. The average molecular weight is 413 g/mol. The molecule has 0 bridgehead atoms. The number of ether oxygens (including phenoxy) is 1. The van der Waals surface area contributed by atoms with E-state index in [1.165, 1.54) is 12.1 Å². The molecule has 0 aliphatic carbocycles. The van der Waals surface area contributed by atoms with Crippen LogP contribution < -0.4 is 15.4 Å². The van der Waals surface area contributed by atoms with E-state index in [4.69, 9.17) is 4.74 Å². The van der Waals surface area contributed by atoms with Gasteiger partial charge in [0.15, 0.2) is 5.96 Å². The number of carbonyl (C=O) groups excluding carboxylic acids is 1.